The van der Waals surface area contributed by atoms with E-state index in [1.54, 1.807) is 6.92 Å². The molecule has 18 heavy (non-hydrogen) atoms. The Hall–Kier alpha value is -1.43. The predicted octanol–water partition coefficient (Wildman–Crippen LogP) is -0.609. The number of nitrogens with one attached hydrogen (secondary N) is 2. The second-order valence-electron chi connectivity index (χ2n) is 5.11. The van der Waals surface area contributed by atoms with Crippen molar-refractivity contribution in [2.24, 2.45) is 0 Å². The van der Waals surface area contributed by atoms with Crippen LogP contribution >= 0.6 is 0 Å². The molecule has 0 aromatic rings. The lowest BCUT2D eigenvalue weighted by atomic mass is 9.98. The fourth-order valence-corrected chi connectivity index (χ4v) is 2.52. The van der Waals surface area contributed by atoms with Crippen molar-refractivity contribution in [3.63, 3.8) is 0 Å². The van der Waals surface area contributed by atoms with Gasteiger partial charge in [-0.2, -0.15) is 0 Å². The number of piperazine rings is 1. The molecule has 0 aromatic heterocycles. The Morgan fingerprint density at radius 2 is 2.00 bits per heavy atom. The highest BCUT2D eigenvalue weighted by atomic mass is 16.2. The molecule has 2 saturated heterocycles. The third-order valence-corrected chi connectivity index (χ3v) is 3.62. The van der Waals surface area contributed by atoms with Crippen LogP contribution in [0.5, 0.6) is 0 Å². The molecule has 2 aliphatic heterocycles. The first-order valence-corrected chi connectivity index (χ1v) is 6.39. The van der Waals surface area contributed by atoms with Crippen LogP contribution in [0.1, 0.15) is 33.1 Å². The van der Waals surface area contributed by atoms with Crippen LogP contribution in [0.2, 0.25) is 0 Å². The molecule has 0 spiro atoms. The normalized spacial score (nSPS) is 33.2. The number of rotatable bonds is 1. The predicted molar refractivity (Wildman–Crippen MR) is 64.6 cm³/mol. The van der Waals surface area contributed by atoms with Gasteiger partial charge in [0.15, 0.2) is 0 Å². The first-order valence-electron chi connectivity index (χ1n) is 6.39. The molecular formula is C12H19N3O3. The molecular weight excluding hydrogens is 234 g/mol. The maximum Gasteiger partial charge on any atom is 0.249 e. The summed E-state index contributed by atoms with van der Waals surface area (Å²) in [4.78, 5) is 36.6. The summed E-state index contributed by atoms with van der Waals surface area (Å²) in [5.41, 5.74) is 0. The molecule has 3 amide bonds. The van der Waals surface area contributed by atoms with Gasteiger partial charge in [0.25, 0.3) is 0 Å². The Balaban J connectivity index is 2.07. The molecule has 0 aromatic carbocycles. The Morgan fingerprint density at radius 3 is 2.67 bits per heavy atom. The van der Waals surface area contributed by atoms with E-state index in [1.807, 2.05) is 6.92 Å². The van der Waals surface area contributed by atoms with Crippen LogP contribution in [-0.2, 0) is 14.4 Å². The Kier molecular flexibility index (Phi) is 3.65. The van der Waals surface area contributed by atoms with Gasteiger partial charge < -0.3 is 10.2 Å². The minimum atomic E-state index is -0.575. The maximum absolute atomic E-state index is 12.3. The van der Waals surface area contributed by atoms with Gasteiger partial charge in [0.05, 0.1) is 6.04 Å². The zero-order valence-corrected chi connectivity index (χ0v) is 10.7. The average Bonchev–Trinajstić information content (AvgIpc) is 2.33. The summed E-state index contributed by atoms with van der Waals surface area (Å²) in [6.45, 7) is 3.65. The van der Waals surface area contributed by atoms with E-state index in [-0.39, 0.29) is 18.5 Å². The van der Waals surface area contributed by atoms with Gasteiger partial charge in [-0.15, -0.1) is 0 Å². The molecule has 0 radical (unpaired) electrons. The number of amides is 3. The Labute approximate surface area is 106 Å². The van der Waals surface area contributed by atoms with Gasteiger partial charge in [0, 0.05) is 6.04 Å². The monoisotopic (exact) mass is 253 g/mol. The molecule has 3 unspecified atom stereocenters. The molecule has 2 N–H and O–H groups in total. The van der Waals surface area contributed by atoms with Gasteiger partial charge in [-0.3, -0.25) is 19.7 Å². The smallest absolute Gasteiger partial charge is 0.249 e. The molecule has 6 nitrogen and oxygen atoms in total. The van der Waals surface area contributed by atoms with Crippen LogP contribution in [0.25, 0.3) is 0 Å². The van der Waals surface area contributed by atoms with E-state index in [2.05, 4.69) is 10.6 Å². The maximum atomic E-state index is 12.3. The quantitative estimate of drug-likeness (QED) is 0.611. The molecule has 0 aliphatic carbocycles. The number of carbonyl (C=O) groups is 3. The number of nitrogens with zero attached hydrogens (tertiary/aromatic N) is 1. The lowest BCUT2D eigenvalue weighted by Gasteiger charge is -2.36. The third-order valence-electron chi connectivity index (χ3n) is 3.62. The van der Waals surface area contributed by atoms with E-state index >= 15 is 0 Å². The molecule has 3 atom stereocenters. The molecule has 2 aliphatic rings. The molecule has 0 saturated carbocycles. The standard InChI is InChI=1S/C12H19N3O3/c1-7-4-3-5-9(13-7)12(18)15-6-10(16)14-11(17)8(15)2/h7-9,13H,3-6H2,1-2H3,(H,14,16,17). The topological polar surface area (TPSA) is 78.5 Å². The van der Waals surface area contributed by atoms with Crippen molar-refractivity contribution in [2.45, 2.75) is 51.2 Å². The van der Waals surface area contributed by atoms with Crippen LogP contribution in [0.3, 0.4) is 0 Å². The molecule has 6 heteroatoms. The second kappa shape index (κ2) is 5.06. The Bertz CT molecular complexity index is 383. The number of carbonyl (C=O) groups excluding carboxylic acids is 3. The van der Waals surface area contributed by atoms with Gasteiger partial charge in [-0.05, 0) is 33.1 Å². The molecule has 2 fully saturated rings. The zero-order valence-electron chi connectivity index (χ0n) is 10.7. The van der Waals surface area contributed by atoms with Crippen LogP contribution < -0.4 is 10.6 Å². The van der Waals surface area contributed by atoms with Crippen molar-refractivity contribution < 1.29 is 14.4 Å². The van der Waals surface area contributed by atoms with Crippen molar-refractivity contribution in [2.75, 3.05) is 6.54 Å². The summed E-state index contributed by atoms with van der Waals surface area (Å²) in [6, 6.07) is -0.540. The number of hydrogen-bond donors (Lipinski definition) is 2. The van der Waals surface area contributed by atoms with Gasteiger partial charge in [-0.1, -0.05) is 0 Å². The van der Waals surface area contributed by atoms with Gasteiger partial charge in [0.1, 0.15) is 12.6 Å². The third kappa shape index (κ3) is 2.53. The minimum absolute atomic E-state index is 0.0295. The van der Waals surface area contributed by atoms with Crippen molar-refractivity contribution >= 4 is 17.7 Å². The van der Waals surface area contributed by atoms with Gasteiger partial charge in [0.2, 0.25) is 17.7 Å². The first-order chi connectivity index (χ1) is 8.49. The highest BCUT2D eigenvalue weighted by Gasteiger charge is 2.37. The minimum Gasteiger partial charge on any atom is -0.320 e. The van der Waals surface area contributed by atoms with Gasteiger partial charge >= 0.3 is 0 Å². The fourth-order valence-electron chi connectivity index (χ4n) is 2.52. The van der Waals surface area contributed by atoms with Crippen LogP contribution in [0.15, 0.2) is 0 Å². The Morgan fingerprint density at radius 1 is 1.28 bits per heavy atom. The zero-order chi connectivity index (χ0) is 13.3. The van der Waals surface area contributed by atoms with Crippen LogP contribution in [0.4, 0.5) is 0 Å². The van der Waals surface area contributed by atoms with Crippen LogP contribution in [0, 0.1) is 0 Å². The highest BCUT2D eigenvalue weighted by molar-refractivity contribution is 6.04. The summed E-state index contributed by atoms with van der Waals surface area (Å²) < 4.78 is 0. The van der Waals surface area contributed by atoms with E-state index in [1.165, 1.54) is 4.90 Å². The summed E-state index contributed by atoms with van der Waals surface area (Å²) >= 11 is 0. The number of hydrogen-bond acceptors (Lipinski definition) is 4. The average molecular weight is 253 g/mol. The lowest BCUT2D eigenvalue weighted by Crippen LogP contribution is -2.62. The molecule has 0 bridgehead atoms. The lowest BCUT2D eigenvalue weighted by molar-refractivity contribution is -0.150. The first kappa shape index (κ1) is 13.0. The largest absolute Gasteiger partial charge is 0.320 e. The van der Waals surface area contributed by atoms with Crippen molar-refractivity contribution in [3.05, 3.63) is 0 Å². The van der Waals surface area contributed by atoms with Gasteiger partial charge in [-0.25, -0.2) is 0 Å². The summed E-state index contributed by atoms with van der Waals surface area (Å²) in [6.07, 6.45) is 2.81. The molecule has 2 rings (SSSR count). The van der Waals surface area contributed by atoms with E-state index in [0.717, 1.165) is 19.3 Å². The second-order valence-corrected chi connectivity index (χ2v) is 5.11. The summed E-state index contributed by atoms with van der Waals surface area (Å²) in [7, 11) is 0. The van der Waals surface area contributed by atoms with E-state index in [0.29, 0.717) is 6.04 Å². The van der Waals surface area contributed by atoms with E-state index in [4.69, 9.17) is 0 Å². The summed E-state index contributed by atoms with van der Waals surface area (Å²) in [5, 5.41) is 5.46. The van der Waals surface area contributed by atoms with Crippen molar-refractivity contribution in [1.82, 2.24) is 15.5 Å². The van der Waals surface area contributed by atoms with Crippen molar-refractivity contribution in [3.8, 4) is 0 Å². The number of piperidine rings is 1. The van der Waals surface area contributed by atoms with E-state index in [9.17, 15) is 14.4 Å². The number of imide groups is 1. The van der Waals surface area contributed by atoms with E-state index < -0.39 is 17.9 Å². The van der Waals surface area contributed by atoms with Crippen LogP contribution in [-0.4, -0.2) is 47.3 Å². The molecule has 100 valence electrons. The SMILES string of the molecule is CC1CCCC(C(=O)N2CC(=O)NC(=O)C2C)N1. The fraction of sp³-hybridized carbons (Fsp3) is 0.750. The highest BCUT2D eigenvalue weighted by Crippen LogP contribution is 2.16. The molecule has 2 heterocycles. The summed E-state index contributed by atoms with van der Waals surface area (Å²) in [5.74, 6) is -0.948. The van der Waals surface area contributed by atoms with Crippen molar-refractivity contribution in [1.29, 1.82) is 0 Å².